The van der Waals surface area contributed by atoms with Crippen LogP contribution < -0.4 is 4.90 Å². The van der Waals surface area contributed by atoms with Crippen LogP contribution in [-0.2, 0) is 12.8 Å². The summed E-state index contributed by atoms with van der Waals surface area (Å²) < 4.78 is 0. The Morgan fingerprint density at radius 1 is 1.25 bits per heavy atom. The number of carbonyl (C=O) groups is 1. The van der Waals surface area contributed by atoms with Crippen LogP contribution in [0.15, 0.2) is 24.0 Å². The monoisotopic (exact) mass is 342 g/mol. The Kier molecular flexibility index (Phi) is 4.22. The average Bonchev–Trinajstić information content (AvgIpc) is 3.05. The molecule has 1 aliphatic heterocycles. The minimum absolute atomic E-state index is 0.209. The molecular weight excluding hydrogens is 320 g/mol. The Morgan fingerprint density at radius 2 is 2.08 bits per heavy atom. The van der Waals surface area contributed by atoms with Gasteiger partial charge in [-0.25, -0.2) is 4.98 Å². The molecule has 2 aromatic rings. The number of hydrogen-bond donors (Lipinski definition) is 0. The number of aromatic nitrogens is 2. The zero-order valence-electron chi connectivity index (χ0n) is 13.9. The highest BCUT2D eigenvalue weighted by Gasteiger charge is 2.28. The molecule has 0 N–H and O–H groups in total. The molecule has 5 nitrogen and oxygen atoms in total. The second-order valence-corrected chi connectivity index (χ2v) is 7.71. The van der Waals surface area contributed by atoms with E-state index in [4.69, 9.17) is 0 Å². The number of rotatable bonds is 2. The Labute approximate surface area is 146 Å². The van der Waals surface area contributed by atoms with Crippen LogP contribution in [0.4, 0.5) is 5.82 Å². The van der Waals surface area contributed by atoms with Gasteiger partial charge in [0, 0.05) is 48.8 Å². The number of piperazine rings is 1. The van der Waals surface area contributed by atoms with E-state index < -0.39 is 0 Å². The van der Waals surface area contributed by atoms with Crippen LogP contribution in [0.3, 0.4) is 0 Å². The lowest BCUT2D eigenvalue weighted by Gasteiger charge is -2.35. The molecular formula is C18H22N4OS. The molecule has 6 heteroatoms. The van der Waals surface area contributed by atoms with Crippen molar-refractivity contribution in [2.24, 2.45) is 5.92 Å². The van der Waals surface area contributed by atoms with Gasteiger partial charge >= 0.3 is 0 Å². The smallest absolute Gasteiger partial charge is 0.255 e. The largest absolute Gasteiger partial charge is 0.352 e. The molecule has 0 saturated carbocycles. The SMILES string of the molecule is C[C@H]1CCc2c(C(=O)N3CCN(c4cnccn4)CC3)csc2C1. The van der Waals surface area contributed by atoms with Crippen molar-refractivity contribution in [2.45, 2.75) is 26.2 Å². The minimum atomic E-state index is 0.209. The predicted molar refractivity (Wildman–Crippen MR) is 95.7 cm³/mol. The molecule has 0 aromatic carbocycles. The number of nitrogens with zero attached hydrogens (tertiary/aromatic N) is 4. The summed E-state index contributed by atoms with van der Waals surface area (Å²) in [4.78, 5) is 27.0. The van der Waals surface area contributed by atoms with Crippen molar-refractivity contribution < 1.29 is 4.79 Å². The summed E-state index contributed by atoms with van der Waals surface area (Å²) in [6, 6.07) is 0. The lowest BCUT2D eigenvalue weighted by atomic mass is 9.88. The van der Waals surface area contributed by atoms with E-state index in [1.54, 1.807) is 29.9 Å². The number of hydrogen-bond acceptors (Lipinski definition) is 5. The van der Waals surface area contributed by atoms with E-state index in [1.807, 2.05) is 4.90 Å². The van der Waals surface area contributed by atoms with Crippen LogP contribution in [0.25, 0.3) is 0 Å². The molecule has 1 fully saturated rings. The highest BCUT2D eigenvalue weighted by molar-refractivity contribution is 7.10. The third-order valence-corrected chi connectivity index (χ3v) is 6.12. The van der Waals surface area contributed by atoms with Gasteiger partial charge in [0.2, 0.25) is 0 Å². The maximum Gasteiger partial charge on any atom is 0.255 e. The third-order valence-electron chi connectivity index (χ3n) is 5.07. The molecule has 0 radical (unpaired) electrons. The van der Waals surface area contributed by atoms with E-state index in [0.717, 1.165) is 56.3 Å². The van der Waals surface area contributed by atoms with Gasteiger partial charge in [-0.15, -0.1) is 11.3 Å². The molecule has 24 heavy (non-hydrogen) atoms. The lowest BCUT2D eigenvalue weighted by molar-refractivity contribution is 0.0745. The molecule has 0 bridgehead atoms. The zero-order chi connectivity index (χ0) is 16.5. The Morgan fingerprint density at radius 3 is 2.83 bits per heavy atom. The van der Waals surface area contributed by atoms with Crippen LogP contribution in [-0.4, -0.2) is 47.0 Å². The predicted octanol–water partition coefficient (Wildman–Crippen LogP) is 2.63. The van der Waals surface area contributed by atoms with Gasteiger partial charge in [-0.2, -0.15) is 0 Å². The normalized spacial score (nSPS) is 20.8. The van der Waals surface area contributed by atoms with Crippen LogP contribution in [0.5, 0.6) is 0 Å². The van der Waals surface area contributed by atoms with Gasteiger partial charge in [-0.1, -0.05) is 6.92 Å². The van der Waals surface area contributed by atoms with Gasteiger partial charge in [-0.05, 0) is 30.7 Å². The summed E-state index contributed by atoms with van der Waals surface area (Å²) in [6.45, 7) is 5.42. The first-order chi connectivity index (χ1) is 11.7. The summed E-state index contributed by atoms with van der Waals surface area (Å²) in [7, 11) is 0. The number of fused-ring (bicyclic) bond motifs is 1. The minimum Gasteiger partial charge on any atom is -0.352 e. The van der Waals surface area contributed by atoms with Crippen molar-refractivity contribution >= 4 is 23.1 Å². The van der Waals surface area contributed by atoms with Gasteiger partial charge in [-0.3, -0.25) is 9.78 Å². The first kappa shape index (κ1) is 15.6. The van der Waals surface area contributed by atoms with Crippen molar-refractivity contribution in [3.63, 3.8) is 0 Å². The van der Waals surface area contributed by atoms with E-state index in [1.165, 1.54) is 16.9 Å². The Balaban J connectivity index is 1.44. The summed E-state index contributed by atoms with van der Waals surface area (Å²) in [5, 5.41) is 2.08. The van der Waals surface area contributed by atoms with E-state index in [9.17, 15) is 4.79 Å². The molecule has 4 rings (SSSR count). The quantitative estimate of drug-likeness (QED) is 0.842. The van der Waals surface area contributed by atoms with E-state index >= 15 is 0 Å². The zero-order valence-corrected chi connectivity index (χ0v) is 14.8. The van der Waals surface area contributed by atoms with Crippen molar-refractivity contribution in [3.05, 3.63) is 40.0 Å². The van der Waals surface area contributed by atoms with Gasteiger partial charge in [0.1, 0.15) is 5.82 Å². The first-order valence-electron chi connectivity index (χ1n) is 8.62. The fourth-order valence-electron chi connectivity index (χ4n) is 3.62. The fourth-order valence-corrected chi connectivity index (χ4v) is 4.86. The van der Waals surface area contributed by atoms with E-state index in [-0.39, 0.29) is 5.91 Å². The second kappa shape index (κ2) is 6.51. The van der Waals surface area contributed by atoms with Crippen LogP contribution in [0.2, 0.25) is 0 Å². The number of carbonyl (C=O) groups excluding carboxylic acids is 1. The fraction of sp³-hybridized carbons (Fsp3) is 0.500. The second-order valence-electron chi connectivity index (χ2n) is 6.74. The lowest BCUT2D eigenvalue weighted by Crippen LogP contribution is -2.49. The topological polar surface area (TPSA) is 49.3 Å². The van der Waals surface area contributed by atoms with Crippen LogP contribution >= 0.6 is 11.3 Å². The average molecular weight is 342 g/mol. The molecule has 1 saturated heterocycles. The van der Waals surface area contributed by atoms with E-state index in [2.05, 4.69) is 27.2 Å². The van der Waals surface area contributed by atoms with Crippen LogP contribution in [0.1, 0.15) is 34.1 Å². The third kappa shape index (κ3) is 2.90. The molecule has 3 heterocycles. The summed E-state index contributed by atoms with van der Waals surface area (Å²) in [5.74, 6) is 1.85. The summed E-state index contributed by atoms with van der Waals surface area (Å²) in [6.07, 6.45) is 8.57. The molecule has 2 aliphatic rings. The standard InChI is InChI=1S/C18H22N4OS/c1-13-2-3-14-15(12-24-16(14)10-13)18(23)22-8-6-21(7-9-22)17-11-19-4-5-20-17/h4-5,11-13H,2-3,6-10H2,1H3/t13-/m0/s1. The maximum absolute atomic E-state index is 12.9. The molecule has 0 spiro atoms. The maximum atomic E-state index is 12.9. The molecule has 0 unspecified atom stereocenters. The van der Waals surface area contributed by atoms with Crippen LogP contribution in [0, 0.1) is 5.92 Å². The van der Waals surface area contributed by atoms with Crippen molar-refractivity contribution in [3.8, 4) is 0 Å². The number of thiophene rings is 1. The summed E-state index contributed by atoms with van der Waals surface area (Å²) >= 11 is 1.77. The van der Waals surface area contributed by atoms with Gasteiger partial charge in [0.25, 0.3) is 5.91 Å². The molecule has 126 valence electrons. The van der Waals surface area contributed by atoms with Crippen molar-refractivity contribution in [1.82, 2.24) is 14.9 Å². The number of amides is 1. The van der Waals surface area contributed by atoms with Gasteiger partial charge in [0.05, 0.1) is 11.8 Å². The van der Waals surface area contributed by atoms with Crippen molar-refractivity contribution in [1.29, 1.82) is 0 Å². The van der Waals surface area contributed by atoms with Crippen molar-refractivity contribution in [2.75, 3.05) is 31.1 Å². The van der Waals surface area contributed by atoms with E-state index in [0.29, 0.717) is 0 Å². The van der Waals surface area contributed by atoms with Gasteiger partial charge < -0.3 is 9.80 Å². The number of anilines is 1. The Bertz CT molecular complexity index is 722. The molecule has 1 atom stereocenters. The Hall–Kier alpha value is -1.95. The molecule has 1 amide bonds. The highest BCUT2D eigenvalue weighted by Crippen LogP contribution is 2.33. The first-order valence-corrected chi connectivity index (χ1v) is 9.50. The molecule has 1 aliphatic carbocycles. The summed E-state index contributed by atoms with van der Waals surface area (Å²) in [5.41, 5.74) is 2.27. The molecule has 2 aromatic heterocycles. The van der Waals surface area contributed by atoms with Gasteiger partial charge in [0.15, 0.2) is 0 Å². The highest BCUT2D eigenvalue weighted by atomic mass is 32.1.